The molecule has 0 saturated heterocycles. The van der Waals surface area contributed by atoms with Gasteiger partial charge in [0, 0.05) is 0 Å². The Bertz CT molecular complexity index is 123. The summed E-state index contributed by atoms with van der Waals surface area (Å²) in [5.41, 5.74) is 5.39. The van der Waals surface area contributed by atoms with Gasteiger partial charge in [-0.25, -0.2) is 0 Å². The van der Waals surface area contributed by atoms with Gasteiger partial charge in [0.1, 0.15) is 0 Å². The van der Waals surface area contributed by atoms with Crippen LogP contribution in [0, 0.1) is 5.92 Å². The fraction of sp³-hybridized carbons (Fsp3) is 1.00. The van der Waals surface area contributed by atoms with Crippen LogP contribution in [0.15, 0.2) is 0 Å². The summed E-state index contributed by atoms with van der Waals surface area (Å²) >= 11 is 16.9. The van der Waals surface area contributed by atoms with E-state index in [1.165, 1.54) is 12.8 Å². The Balaban J connectivity index is 3.35. The molecular weight excluding hydrogens is 228 g/mol. The first kappa shape index (κ1) is 13.8. The lowest BCUT2D eigenvalue weighted by molar-refractivity contribution is 0.456. The monoisotopic (exact) mass is 245 g/mol. The molecule has 0 radical (unpaired) electrons. The Hall–Kier alpha value is 0.830. The standard InChI is InChI=1S/C9H18Cl3N/c1-8(4-2-3-7-13)5-6-9(10,11)12/h8H,2-7,13H2,1H3. The van der Waals surface area contributed by atoms with Crippen molar-refractivity contribution in [1.29, 1.82) is 0 Å². The van der Waals surface area contributed by atoms with Gasteiger partial charge in [-0.3, -0.25) is 0 Å². The molecule has 0 aromatic carbocycles. The van der Waals surface area contributed by atoms with E-state index in [9.17, 15) is 0 Å². The lowest BCUT2D eigenvalue weighted by Gasteiger charge is -2.15. The third-order valence-corrected chi connectivity index (χ3v) is 2.64. The van der Waals surface area contributed by atoms with E-state index in [4.69, 9.17) is 40.5 Å². The molecule has 2 N–H and O–H groups in total. The highest BCUT2D eigenvalue weighted by Crippen LogP contribution is 2.33. The maximum atomic E-state index is 5.65. The molecule has 0 bridgehead atoms. The molecule has 1 nitrogen and oxygen atoms in total. The van der Waals surface area contributed by atoms with Crippen molar-refractivity contribution in [2.24, 2.45) is 11.7 Å². The van der Waals surface area contributed by atoms with Crippen LogP contribution >= 0.6 is 34.8 Å². The summed E-state index contributed by atoms with van der Waals surface area (Å²) in [6, 6.07) is 0. The molecule has 0 aliphatic carbocycles. The number of hydrogen-bond donors (Lipinski definition) is 1. The Morgan fingerprint density at radius 3 is 2.23 bits per heavy atom. The zero-order valence-corrected chi connectivity index (χ0v) is 10.3. The van der Waals surface area contributed by atoms with Gasteiger partial charge in [-0.15, -0.1) is 0 Å². The lowest BCUT2D eigenvalue weighted by Crippen LogP contribution is -2.06. The van der Waals surface area contributed by atoms with Crippen LogP contribution in [-0.2, 0) is 0 Å². The van der Waals surface area contributed by atoms with Crippen molar-refractivity contribution in [2.75, 3.05) is 6.54 Å². The Morgan fingerprint density at radius 2 is 1.77 bits per heavy atom. The SMILES string of the molecule is CC(CCCCN)CCC(Cl)(Cl)Cl. The molecule has 0 aromatic heterocycles. The van der Waals surface area contributed by atoms with Crippen molar-refractivity contribution < 1.29 is 0 Å². The predicted octanol–water partition coefficient (Wildman–Crippen LogP) is 3.90. The van der Waals surface area contributed by atoms with Gasteiger partial charge in [0.25, 0.3) is 0 Å². The first-order valence-electron chi connectivity index (χ1n) is 4.72. The van der Waals surface area contributed by atoms with Crippen molar-refractivity contribution in [3.05, 3.63) is 0 Å². The summed E-state index contributed by atoms with van der Waals surface area (Å²) < 4.78 is -1.08. The highest BCUT2D eigenvalue weighted by molar-refractivity contribution is 6.67. The molecule has 80 valence electrons. The molecule has 0 heterocycles. The second kappa shape index (κ2) is 7.17. The average molecular weight is 247 g/mol. The van der Waals surface area contributed by atoms with Crippen LogP contribution in [0.5, 0.6) is 0 Å². The number of hydrogen-bond acceptors (Lipinski definition) is 1. The normalized spacial score (nSPS) is 14.5. The van der Waals surface area contributed by atoms with E-state index >= 15 is 0 Å². The zero-order chi connectivity index (χ0) is 10.3. The van der Waals surface area contributed by atoms with Gasteiger partial charge in [0.2, 0.25) is 0 Å². The Morgan fingerprint density at radius 1 is 1.15 bits per heavy atom. The van der Waals surface area contributed by atoms with Crippen LogP contribution in [0.25, 0.3) is 0 Å². The third kappa shape index (κ3) is 10.8. The predicted molar refractivity (Wildman–Crippen MR) is 61.6 cm³/mol. The first-order chi connectivity index (χ1) is 5.95. The maximum absolute atomic E-state index is 5.65. The summed E-state index contributed by atoms with van der Waals surface area (Å²) in [5.74, 6) is 0.627. The lowest BCUT2D eigenvalue weighted by atomic mass is 9.99. The van der Waals surface area contributed by atoms with Gasteiger partial charge < -0.3 is 5.73 Å². The van der Waals surface area contributed by atoms with Crippen LogP contribution in [0.1, 0.15) is 39.0 Å². The molecule has 0 fully saturated rings. The average Bonchev–Trinajstić information content (AvgIpc) is 2.00. The van der Waals surface area contributed by atoms with Crippen LogP contribution in [-0.4, -0.2) is 10.3 Å². The molecule has 0 aromatic rings. The summed E-state index contributed by atoms with van der Waals surface area (Å²) in [6.45, 7) is 2.96. The molecule has 13 heavy (non-hydrogen) atoms. The largest absolute Gasteiger partial charge is 0.330 e. The molecule has 0 aliphatic heterocycles. The van der Waals surface area contributed by atoms with E-state index in [1.807, 2.05) is 0 Å². The quantitative estimate of drug-likeness (QED) is 0.558. The van der Waals surface area contributed by atoms with Crippen molar-refractivity contribution >= 4 is 34.8 Å². The fourth-order valence-corrected chi connectivity index (χ4v) is 1.52. The Kier molecular flexibility index (Phi) is 7.62. The highest BCUT2D eigenvalue weighted by Gasteiger charge is 2.19. The first-order valence-corrected chi connectivity index (χ1v) is 5.86. The Labute approximate surface area is 95.9 Å². The van der Waals surface area contributed by atoms with Gasteiger partial charge in [-0.2, -0.15) is 0 Å². The summed E-state index contributed by atoms with van der Waals surface area (Å²) in [5, 5.41) is 0. The van der Waals surface area contributed by atoms with E-state index in [-0.39, 0.29) is 0 Å². The molecule has 4 heteroatoms. The topological polar surface area (TPSA) is 26.0 Å². The zero-order valence-electron chi connectivity index (χ0n) is 8.03. The van der Waals surface area contributed by atoms with E-state index in [0.29, 0.717) is 12.3 Å². The molecule has 1 unspecified atom stereocenters. The molecule has 0 aliphatic rings. The smallest absolute Gasteiger partial charge is 0.190 e. The summed E-state index contributed by atoms with van der Waals surface area (Å²) in [7, 11) is 0. The summed E-state index contributed by atoms with van der Waals surface area (Å²) in [6.07, 6.45) is 5.07. The van der Waals surface area contributed by atoms with Gasteiger partial charge >= 0.3 is 0 Å². The molecule has 1 atom stereocenters. The van der Waals surface area contributed by atoms with Crippen LogP contribution in [0.3, 0.4) is 0 Å². The molecule has 0 amide bonds. The van der Waals surface area contributed by atoms with Crippen molar-refractivity contribution in [3.8, 4) is 0 Å². The minimum atomic E-state index is -1.08. The highest BCUT2D eigenvalue weighted by atomic mass is 35.6. The number of nitrogens with two attached hydrogens (primary N) is 1. The second-order valence-corrected chi connectivity index (χ2v) is 6.06. The minimum Gasteiger partial charge on any atom is -0.330 e. The summed E-state index contributed by atoms with van der Waals surface area (Å²) in [4.78, 5) is 0. The van der Waals surface area contributed by atoms with E-state index in [1.54, 1.807) is 0 Å². The van der Waals surface area contributed by atoms with Gasteiger partial charge in [0.15, 0.2) is 3.79 Å². The van der Waals surface area contributed by atoms with Crippen molar-refractivity contribution in [2.45, 2.75) is 42.8 Å². The van der Waals surface area contributed by atoms with Gasteiger partial charge in [-0.1, -0.05) is 54.6 Å². The van der Waals surface area contributed by atoms with E-state index in [2.05, 4.69) is 6.92 Å². The third-order valence-electron chi connectivity index (χ3n) is 2.07. The van der Waals surface area contributed by atoms with Crippen molar-refractivity contribution in [3.63, 3.8) is 0 Å². The number of halogens is 3. The second-order valence-electron chi connectivity index (χ2n) is 3.54. The van der Waals surface area contributed by atoms with Gasteiger partial charge in [0.05, 0.1) is 0 Å². The molecular formula is C9H18Cl3N. The van der Waals surface area contributed by atoms with Crippen molar-refractivity contribution in [1.82, 2.24) is 0 Å². The van der Waals surface area contributed by atoms with E-state index in [0.717, 1.165) is 19.4 Å². The van der Waals surface area contributed by atoms with Gasteiger partial charge in [-0.05, 0) is 31.7 Å². The van der Waals surface area contributed by atoms with E-state index < -0.39 is 3.79 Å². The molecule has 0 rings (SSSR count). The number of unbranched alkanes of at least 4 members (excludes halogenated alkanes) is 1. The fourth-order valence-electron chi connectivity index (χ4n) is 1.19. The maximum Gasteiger partial charge on any atom is 0.190 e. The minimum absolute atomic E-state index is 0.627. The molecule has 0 saturated carbocycles. The number of alkyl halides is 3. The molecule has 0 spiro atoms. The van der Waals surface area contributed by atoms with Crippen LogP contribution in [0.2, 0.25) is 0 Å². The van der Waals surface area contributed by atoms with Crippen LogP contribution in [0.4, 0.5) is 0 Å². The van der Waals surface area contributed by atoms with Crippen LogP contribution < -0.4 is 5.73 Å². The number of rotatable bonds is 6.